The molecule has 2 aromatic carbocycles. The molecular formula is C25H24N6O3. The van der Waals surface area contributed by atoms with Crippen molar-refractivity contribution < 1.29 is 14.4 Å². The number of carbonyl (C=O) groups is 3. The number of carbonyl (C=O) groups excluding carboxylic acids is 3. The van der Waals surface area contributed by atoms with Crippen LogP contribution in [0.15, 0.2) is 76.0 Å². The summed E-state index contributed by atoms with van der Waals surface area (Å²) in [6.07, 6.45) is 0. The van der Waals surface area contributed by atoms with Crippen LogP contribution in [0.1, 0.15) is 20.8 Å². The van der Waals surface area contributed by atoms with Crippen LogP contribution in [0.3, 0.4) is 0 Å². The van der Waals surface area contributed by atoms with Crippen LogP contribution in [-0.4, -0.2) is 46.9 Å². The third-order valence-corrected chi connectivity index (χ3v) is 6.73. The smallest absolute Gasteiger partial charge is 0.261 e. The van der Waals surface area contributed by atoms with Gasteiger partial charge in [0.05, 0.1) is 17.1 Å². The van der Waals surface area contributed by atoms with Gasteiger partial charge in [-0.15, -0.1) is 0 Å². The van der Waals surface area contributed by atoms with Crippen LogP contribution in [0.2, 0.25) is 0 Å². The van der Waals surface area contributed by atoms with Gasteiger partial charge in [-0.3, -0.25) is 14.4 Å². The van der Waals surface area contributed by atoms with Crippen molar-refractivity contribution in [2.75, 3.05) is 17.1 Å². The minimum atomic E-state index is -1.58. The molecular weight excluding hydrogens is 432 g/mol. The van der Waals surface area contributed by atoms with Crippen molar-refractivity contribution >= 4 is 46.2 Å². The SMILES string of the molecule is CC1=NN(C)C(=O)[C@H]1[C@]1([C@H]2C(=O)N(c3ccccc3)N=C2C)C(=O)N(c2ccccc2)N=C1C. The lowest BCUT2D eigenvalue weighted by Gasteiger charge is -2.37. The summed E-state index contributed by atoms with van der Waals surface area (Å²) in [7, 11) is 1.55. The molecule has 0 aliphatic carbocycles. The fraction of sp³-hybridized carbons (Fsp3) is 0.280. The third-order valence-electron chi connectivity index (χ3n) is 6.73. The zero-order chi connectivity index (χ0) is 24.2. The first kappa shape index (κ1) is 21.7. The number of anilines is 2. The molecule has 0 fully saturated rings. The van der Waals surface area contributed by atoms with Crippen LogP contribution in [0.4, 0.5) is 11.4 Å². The molecule has 0 saturated heterocycles. The van der Waals surface area contributed by atoms with E-state index in [0.29, 0.717) is 28.5 Å². The summed E-state index contributed by atoms with van der Waals surface area (Å²) in [5.41, 5.74) is 0.851. The highest BCUT2D eigenvalue weighted by Crippen LogP contribution is 2.50. The normalized spacial score (nSPS) is 26.9. The van der Waals surface area contributed by atoms with Gasteiger partial charge in [0.1, 0.15) is 17.3 Å². The molecule has 0 spiro atoms. The van der Waals surface area contributed by atoms with Gasteiger partial charge < -0.3 is 0 Å². The molecule has 0 N–H and O–H groups in total. The summed E-state index contributed by atoms with van der Waals surface area (Å²) in [6, 6.07) is 18.0. The average Bonchev–Trinajstić information content (AvgIpc) is 3.38. The fourth-order valence-electron chi connectivity index (χ4n) is 5.26. The summed E-state index contributed by atoms with van der Waals surface area (Å²) in [4.78, 5) is 41.6. The lowest BCUT2D eigenvalue weighted by molar-refractivity contribution is -0.140. The second-order valence-corrected chi connectivity index (χ2v) is 8.70. The Morgan fingerprint density at radius 3 is 1.71 bits per heavy atom. The number of nitrogens with zero attached hydrogens (tertiary/aromatic N) is 6. The minimum Gasteiger partial charge on any atom is -0.272 e. The maximum atomic E-state index is 14.3. The molecule has 0 saturated carbocycles. The van der Waals surface area contributed by atoms with Gasteiger partial charge in [0.15, 0.2) is 0 Å². The zero-order valence-corrected chi connectivity index (χ0v) is 19.3. The lowest BCUT2D eigenvalue weighted by atomic mass is 9.60. The first-order valence-corrected chi connectivity index (χ1v) is 11.0. The van der Waals surface area contributed by atoms with Crippen LogP contribution >= 0.6 is 0 Å². The van der Waals surface area contributed by atoms with Gasteiger partial charge in [-0.2, -0.15) is 20.3 Å². The van der Waals surface area contributed by atoms with Crippen molar-refractivity contribution in [3.8, 4) is 0 Å². The molecule has 0 unspecified atom stereocenters. The van der Waals surface area contributed by atoms with Gasteiger partial charge in [0.25, 0.3) is 17.7 Å². The van der Waals surface area contributed by atoms with Crippen molar-refractivity contribution in [1.82, 2.24) is 5.01 Å². The Kier molecular flexibility index (Phi) is 4.93. The largest absolute Gasteiger partial charge is 0.272 e. The van der Waals surface area contributed by atoms with Crippen molar-refractivity contribution in [1.29, 1.82) is 0 Å². The monoisotopic (exact) mass is 456 g/mol. The van der Waals surface area contributed by atoms with E-state index in [0.717, 1.165) is 0 Å². The molecule has 9 heteroatoms. The highest BCUT2D eigenvalue weighted by Gasteiger charge is 2.68. The Bertz CT molecular complexity index is 1290. The van der Waals surface area contributed by atoms with E-state index in [1.165, 1.54) is 15.0 Å². The second kappa shape index (κ2) is 7.72. The number of amides is 3. The Balaban J connectivity index is 1.69. The molecule has 3 aliphatic heterocycles. The summed E-state index contributed by atoms with van der Waals surface area (Å²) in [5.74, 6) is -3.16. The number of hydrogen-bond acceptors (Lipinski definition) is 6. The van der Waals surface area contributed by atoms with Crippen LogP contribution < -0.4 is 10.0 Å². The Labute approximate surface area is 197 Å². The van der Waals surface area contributed by atoms with Gasteiger partial charge in [0, 0.05) is 18.5 Å². The Morgan fingerprint density at radius 2 is 1.18 bits per heavy atom. The third kappa shape index (κ3) is 2.86. The molecule has 0 bridgehead atoms. The summed E-state index contributed by atoms with van der Waals surface area (Å²) in [5, 5.41) is 17.3. The Morgan fingerprint density at radius 1 is 0.676 bits per heavy atom. The van der Waals surface area contributed by atoms with E-state index in [1.54, 1.807) is 64.2 Å². The molecule has 2 aromatic rings. The Hall–Kier alpha value is -4.14. The zero-order valence-electron chi connectivity index (χ0n) is 19.3. The van der Waals surface area contributed by atoms with E-state index in [1.807, 2.05) is 24.3 Å². The van der Waals surface area contributed by atoms with Crippen LogP contribution in [0.5, 0.6) is 0 Å². The van der Waals surface area contributed by atoms with Crippen molar-refractivity contribution in [3.63, 3.8) is 0 Å². The van der Waals surface area contributed by atoms with E-state index >= 15 is 0 Å². The predicted molar refractivity (Wildman–Crippen MR) is 129 cm³/mol. The fourth-order valence-corrected chi connectivity index (χ4v) is 5.26. The quantitative estimate of drug-likeness (QED) is 0.707. The highest BCUT2D eigenvalue weighted by molar-refractivity contribution is 6.32. The van der Waals surface area contributed by atoms with E-state index in [-0.39, 0.29) is 11.8 Å². The number of benzene rings is 2. The van der Waals surface area contributed by atoms with Crippen molar-refractivity contribution in [3.05, 3.63) is 60.7 Å². The molecule has 5 rings (SSSR count). The number of hydrogen-bond donors (Lipinski definition) is 0. The molecule has 3 amide bonds. The molecule has 9 nitrogen and oxygen atoms in total. The molecule has 0 radical (unpaired) electrons. The topological polar surface area (TPSA) is 98.0 Å². The first-order chi connectivity index (χ1) is 16.3. The van der Waals surface area contributed by atoms with Gasteiger partial charge in [-0.1, -0.05) is 36.4 Å². The summed E-state index contributed by atoms with van der Waals surface area (Å²) >= 11 is 0. The summed E-state index contributed by atoms with van der Waals surface area (Å²) < 4.78 is 0. The van der Waals surface area contributed by atoms with E-state index in [9.17, 15) is 14.4 Å². The second-order valence-electron chi connectivity index (χ2n) is 8.70. The van der Waals surface area contributed by atoms with E-state index < -0.39 is 23.2 Å². The lowest BCUT2D eigenvalue weighted by Crippen LogP contribution is -2.58. The van der Waals surface area contributed by atoms with Gasteiger partial charge >= 0.3 is 0 Å². The molecule has 3 aliphatic rings. The molecule has 34 heavy (non-hydrogen) atoms. The van der Waals surface area contributed by atoms with Gasteiger partial charge in [0.2, 0.25) is 0 Å². The highest BCUT2D eigenvalue weighted by atomic mass is 16.2. The molecule has 3 heterocycles. The maximum absolute atomic E-state index is 14.3. The minimum absolute atomic E-state index is 0.353. The molecule has 3 atom stereocenters. The average molecular weight is 457 g/mol. The van der Waals surface area contributed by atoms with Gasteiger partial charge in [-0.05, 0) is 45.0 Å². The summed E-state index contributed by atoms with van der Waals surface area (Å²) in [6.45, 7) is 5.13. The van der Waals surface area contributed by atoms with Gasteiger partial charge in [-0.25, -0.2) is 10.0 Å². The number of para-hydroxylation sites is 2. The maximum Gasteiger partial charge on any atom is 0.261 e. The van der Waals surface area contributed by atoms with Crippen LogP contribution in [0, 0.1) is 17.3 Å². The van der Waals surface area contributed by atoms with E-state index in [2.05, 4.69) is 15.3 Å². The van der Waals surface area contributed by atoms with Crippen LogP contribution in [-0.2, 0) is 14.4 Å². The van der Waals surface area contributed by atoms with Crippen LogP contribution in [0.25, 0.3) is 0 Å². The molecule has 172 valence electrons. The van der Waals surface area contributed by atoms with E-state index in [4.69, 9.17) is 0 Å². The molecule has 0 aromatic heterocycles. The number of hydrazone groups is 3. The first-order valence-electron chi connectivity index (χ1n) is 11.0. The standard InChI is InChI=1S/C25H24N6O3/c1-15-20(22(32)29(4)26-15)25(17(3)28-31(24(25)34)19-13-9-6-10-14-19)21-16(2)27-30(23(21)33)18-11-7-5-8-12-18/h5-14,20-21H,1-4H3/t20-,21+,25+/m0/s1. The number of rotatable bonds is 4. The van der Waals surface area contributed by atoms with Crippen molar-refractivity contribution in [2.45, 2.75) is 20.8 Å². The van der Waals surface area contributed by atoms with Crippen molar-refractivity contribution in [2.24, 2.45) is 32.6 Å². The predicted octanol–water partition coefficient (Wildman–Crippen LogP) is 2.90.